The second-order valence-electron chi connectivity index (χ2n) is 6.86. The summed E-state index contributed by atoms with van der Waals surface area (Å²) in [5.74, 6) is -0.815. The van der Waals surface area contributed by atoms with Crippen molar-refractivity contribution in [1.29, 1.82) is 0 Å². The fraction of sp³-hybridized carbons (Fsp3) is 0.174. The lowest BCUT2D eigenvalue weighted by Gasteiger charge is -2.16. The molecule has 1 amide bonds. The topological polar surface area (TPSA) is 60.3 Å². The van der Waals surface area contributed by atoms with E-state index in [9.17, 15) is 4.79 Å². The molecule has 0 spiro atoms. The van der Waals surface area contributed by atoms with Crippen molar-refractivity contribution < 1.29 is 20.8 Å². The monoisotopic (exact) mass is 407 g/mol. The third-order valence-corrected chi connectivity index (χ3v) is 5.08. The van der Waals surface area contributed by atoms with Gasteiger partial charge in [0.05, 0.1) is 27.6 Å². The first-order valence-electron chi connectivity index (χ1n) is 11.7. The first-order chi connectivity index (χ1) is 16.5. The number of aromatic nitrogens is 3. The number of amides is 1. The van der Waals surface area contributed by atoms with Crippen LogP contribution in [0, 0.1) is 5.82 Å². The zero-order valence-electron chi connectivity index (χ0n) is 20.9. The lowest BCUT2D eigenvalue weighted by atomic mass is 9.99. The van der Waals surface area contributed by atoms with Crippen LogP contribution in [0.4, 0.5) is 4.39 Å². The maximum absolute atomic E-state index is 15.2. The van der Waals surface area contributed by atoms with Gasteiger partial charge in [-0.3, -0.25) is 14.5 Å². The number of rotatable bonds is 4. The molecule has 1 aliphatic heterocycles. The van der Waals surface area contributed by atoms with Crippen LogP contribution in [-0.4, -0.2) is 32.7 Å². The number of carbonyl (C=O) groups excluding carboxylic acids is 1. The van der Waals surface area contributed by atoms with Crippen molar-refractivity contribution in [1.82, 2.24) is 19.7 Å². The molecule has 0 saturated carbocycles. The van der Waals surface area contributed by atoms with E-state index >= 15 is 4.39 Å². The zero-order chi connectivity index (χ0) is 25.1. The Hall–Kier alpha value is -3.74. The summed E-state index contributed by atoms with van der Waals surface area (Å²) in [6.07, 6.45) is 2.78. The molecule has 2 aromatic heterocycles. The van der Waals surface area contributed by atoms with Crippen molar-refractivity contribution in [2.24, 2.45) is 6.98 Å². The highest BCUT2D eigenvalue weighted by atomic mass is 19.1. The molecule has 3 heterocycles. The molecular weight excluding hydrogens is 383 g/mol. The maximum Gasteiger partial charge on any atom is 0.256 e. The van der Waals surface area contributed by atoms with Crippen molar-refractivity contribution in [3.05, 3.63) is 77.5 Å². The first-order valence-corrected chi connectivity index (χ1v) is 9.15. The van der Waals surface area contributed by atoms with Crippen molar-refractivity contribution >= 4 is 16.8 Å². The van der Waals surface area contributed by atoms with Crippen molar-refractivity contribution in [3.63, 3.8) is 0 Å². The number of halogens is 1. The molecule has 1 aliphatic rings. The number of hydrogen-bond donors (Lipinski definition) is 0. The van der Waals surface area contributed by atoms with Gasteiger partial charge < -0.3 is 9.64 Å². The van der Waals surface area contributed by atoms with Gasteiger partial charge in [-0.05, 0) is 41.5 Å². The van der Waals surface area contributed by atoms with Gasteiger partial charge in [0.25, 0.3) is 5.91 Å². The van der Waals surface area contributed by atoms with Crippen molar-refractivity contribution in [2.75, 3.05) is 7.11 Å². The molecule has 6 nitrogen and oxygen atoms in total. The predicted molar refractivity (Wildman–Crippen MR) is 110 cm³/mol. The summed E-state index contributed by atoms with van der Waals surface area (Å²) >= 11 is 0. The summed E-state index contributed by atoms with van der Waals surface area (Å²) in [5.41, 5.74) is 1.62. The van der Waals surface area contributed by atoms with E-state index in [2.05, 4.69) is 10.1 Å². The number of ether oxygens (including phenoxy) is 1. The molecule has 0 fully saturated rings. The van der Waals surface area contributed by atoms with Gasteiger partial charge in [0.1, 0.15) is 17.1 Å². The molecule has 7 heteroatoms. The molecule has 4 aromatic rings. The van der Waals surface area contributed by atoms with Crippen LogP contribution in [0.1, 0.15) is 28.5 Å². The Morgan fingerprint density at radius 2 is 2.17 bits per heavy atom. The number of methoxy groups -OCH3 is 1. The average molecular weight is 407 g/mol. The Morgan fingerprint density at radius 3 is 2.93 bits per heavy atom. The number of benzene rings is 2. The molecule has 0 unspecified atom stereocenters. The summed E-state index contributed by atoms with van der Waals surface area (Å²) in [7, 11) is 1.45. The predicted octanol–water partition coefficient (Wildman–Crippen LogP) is 3.94. The van der Waals surface area contributed by atoms with Crippen LogP contribution in [0.15, 0.2) is 54.9 Å². The summed E-state index contributed by atoms with van der Waals surface area (Å²) in [6, 6.07) is 10.7. The van der Waals surface area contributed by atoms with Crippen LogP contribution >= 0.6 is 0 Å². The SMILES string of the molecule is [2H]C1([2H])c2ncccc2C(=O)N1Cc1ccc(-c2ccc(OC)c3nn(C([2H])([2H])[2H])cc23)cc1F. The van der Waals surface area contributed by atoms with Crippen LogP contribution in [-0.2, 0) is 20.0 Å². The van der Waals surface area contributed by atoms with Crippen LogP contribution in [0.3, 0.4) is 0 Å². The van der Waals surface area contributed by atoms with Crippen LogP contribution in [0.25, 0.3) is 22.0 Å². The minimum Gasteiger partial charge on any atom is -0.494 e. The van der Waals surface area contributed by atoms with E-state index in [1.54, 1.807) is 24.3 Å². The van der Waals surface area contributed by atoms with Gasteiger partial charge in [-0.25, -0.2) is 4.39 Å². The fourth-order valence-electron chi connectivity index (χ4n) is 3.61. The molecule has 5 rings (SSSR count). The molecule has 30 heavy (non-hydrogen) atoms. The van der Waals surface area contributed by atoms with E-state index in [4.69, 9.17) is 11.6 Å². The molecule has 2 aromatic carbocycles. The standard InChI is InChI=1S/C23H19FN4O2/c1-27-12-18-16(7-8-21(30-2)22(18)26-27)14-5-6-15(19(24)10-14)11-28-13-20-17(23(28)29)4-3-9-25-20/h3-10,12H,11,13H2,1-2H3/i1D3,13D2. The first kappa shape index (κ1) is 13.5. The Labute approximate surface area is 179 Å². The largest absolute Gasteiger partial charge is 0.494 e. The normalized spacial score (nSPS) is 17.7. The van der Waals surface area contributed by atoms with Gasteiger partial charge in [0.2, 0.25) is 0 Å². The van der Waals surface area contributed by atoms with Gasteiger partial charge in [0.15, 0.2) is 0 Å². The minimum absolute atomic E-state index is 0.00826. The third-order valence-electron chi connectivity index (χ3n) is 5.08. The highest BCUT2D eigenvalue weighted by Gasteiger charge is 2.28. The van der Waals surface area contributed by atoms with E-state index in [0.717, 1.165) is 9.58 Å². The summed E-state index contributed by atoms with van der Waals surface area (Å²) in [5, 5.41) is 4.61. The van der Waals surface area contributed by atoms with Crippen LogP contribution in [0.2, 0.25) is 0 Å². The lowest BCUT2D eigenvalue weighted by Crippen LogP contribution is -2.23. The van der Waals surface area contributed by atoms with Crippen LogP contribution < -0.4 is 4.74 Å². The van der Waals surface area contributed by atoms with Crippen LogP contribution in [0.5, 0.6) is 5.75 Å². The Bertz CT molecular complexity index is 1480. The Balaban J connectivity index is 1.52. The van der Waals surface area contributed by atoms with Gasteiger partial charge in [-0.15, -0.1) is 0 Å². The van der Waals surface area contributed by atoms with Gasteiger partial charge in [0, 0.05) is 41.0 Å². The number of nitrogens with zero attached hydrogens (tertiary/aromatic N) is 4. The Morgan fingerprint density at radius 1 is 1.27 bits per heavy atom. The van der Waals surface area contributed by atoms with Crippen molar-refractivity contribution in [3.8, 4) is 16.9 Å². The molecule has 0 bridgehead atoms. The lowest BCUT2D eigenvalue weighted by molar-refractivity contribution is 0.0765. The molecule has 0 N–H and O–H groups in total. The maximum atomic E-state index is 15.2. The number of fused-ring (bicyclic) bond motifs is 2. The highest BCUT2D eigenvalue weighted by molar-refractivity contribution is 5.98. The van der Waals surface area contributed by atoms with E-state index in [1.807, 2.05) is 0 Å². The third kappa shape index (κ3) is 2.90. The summed E-state index contributed by atoms with van der Waals surface area (Å²) in [4.78, 5) is 17.7. The average Bonchev–Trinajstić information content (AvgIpc) is 3.35. The second-order valence-corrected chi connectivity index (χ2v) is 6.86. The number of pyridine rings is 1. The molecule has 0 saturated heterocycles. The van der Waals surface area contributed by atoms with Gasteiger partial charge in [-0.2, -0.15) is 5.10 Å². The smallest absolute Gasteiger partial charge is 0.256 e. The highest BCUT2D eigenvalue weighted by Crippen LogP contribution is 2.34. The van der Waals surface area contributed by atoms with Crippen molar-refractivity contribution in [2.45, 2.75) is 13.0 Å². The quantitative estimate of drug-likeness (QED) is 0.514. The fourth-order valence-corrected chi connectivity index (χ4v) is 3.61. The molecule has 0 atom stereocenters. The van der Waals surface area contributed by atoms with E-state index in [0.29, 0.717) is 27.8 Å². The molecular formula is C23H19FN4O2. The van der Waals surface area contributed by atoms with Gasteiger partial charge in [-0.1, -0.05) is 12.1 Å². The molecule has 0 radical (unpaired) electrons. The minimum atomic E-state index is -2.50. The van der Waals surface area contributed by atoms with E-state index < -0.39 is 25.2 Å². The number of carbonyl (C=O) groups is 1. The molecule has 0 aliphatic carbocycles. The summed E-state index contributed by atoms with van der Waals surface area (Å²) in [6.45, 7) is -4.96. The number of aryl methyl sites for hydroxylation is 1. The van der Waals surface area contributed by atoms with E-state index in [-0.39, 0.29) is 23.4 Å². The Kier molecular flexibility index (Phi) is 3.12. The zero-order valence-corrected chi connectivity index (χ0v) is 15.9. The van der Waals surface area contributed by atoms with Gasteiger partial charge >= 0.3 is 0 Å². The molecule has 150 valence electrons. The second kappa shape index (κ2) is 6.95. The number of hydrogen-bond acceptors (Lipinski definition) is 4. The summed E-state index contributed by atoms with van der Waals surface area (Å²) < 4.78 is 61.0. The van der Waals surface area contributed by atoms with E-state index in [1.165, 1.54) is 37.7 Å².